The second-order valence-corrected chi connectivity index (χ2v) is 8.85. The Bertz CT molecular complexity index is 1450. The van der Waals surface area contributed by atoms with Crippen LogP contribution in [0.3, 0.4) is 0 Å². The van der Waals surface area contributed by atoms with Crippen molar-refractivity contribution in [2.24, 2.45) is 0 Å². The van der Waals surface area contributed by atoms with E-state index in [1.807, 2.05) is 91.0 Å². The molecule has 0 unspecified atom stereocenters. The van der Waals surface area contributed by atoms with Gasteiger partial charge >= 0.3 is 6.09 Å². The Morgan fingerprint density at radius 2 is 1.36 bits per heavy atom. The fourth-order valence-electron chi connectivity index (χ4n) is 4.08. The summed E-state index contributed by atoms with van der Waals surface area (Å²) in [4.78, 5) is 50.7. The number of carbonyl (C=O) groups is 2. The monoisotopic (exact) mass is 527 g/mol. The number of methoxy groups -OCH3 is 1. The molecule has 2 N–H and O–H groups in total. The summed E-state index contributed by atoms with van der Waals surface area (Å²) in [5.41, 5.74) is 3.76. The van der Waals surface area contributed by atoms with E-state index in [9.17, 15) is 19.2 Å². The Morgan fingerprint density at radius 1 is 0.795 bits per heavy atom. The maximum Gasteiger partial charge on any atom is 0.408 e. The molecule has 39 heavy (non-hydrogen) atoms. The molecule has 2 amide bonds. The fraction of sp³-hybridized carbons (Fsp3) is 0.200. The number of alkyl carbamates (subject to hydrolysis) is 1. The lowest BCUT2D eigenvalue weighted by Crippen LogP contribution is -2.56. The summed E-state index contributed by atoms with van der Waals surface area (Å²) >= 11 is 0. The summed E-state index contributed by atoms with van der Waals surface area (Å²) in [5, 5.41) is 3.95. The number of nitrogens with one attached hydrogen (secondary N) is 2. The highest BCUT2D eigenvalue weighted by Crippen LogP contribution is 2.21. The van der Waals surface area contributed by atoms with E-state index in [-0.39, 0.29) is 31.0 Å². The first-order valence-electron chi connectivity index (χ1n) is 12.5. The predicted octanol–water partition coefficient (Wildman–Crippen LogP) is 2.91. The smallest absolute Gasteiger partial charge is 0.408 e. The second kappa shape index (κ2) is 13.0. The van der Waals surface area contributed by atoms with E-state index in [4.69, 9.17) is 9.47 Å². The maximum atomic E-state index is 13.5. The van der Waals surface area contributed by atoms with Gasteiger partial charge in [-0.1, -0.05) is 91.0 Å². The fourth-order valence-corrected chi connectivity index (χ4v) is 4.08. The van der Waals surface area contributed by atoms with Crippen LogP contribution in [0.5, 0.6) is 5.75 Å². The van der Waals surface area contributed by atoms with Crippen LogP contribution in [-0.4, -0.2) is 31.7 Å². The Labute approximate surface area is 225 Å². The molecule has 4 rings (SSSR count). The van der Waals surface area contributed by atoms with E-state index in [2.05, 4.69) is 10.7 Å². The van der Waals surface area contributed by atoms with Gasteiger partial charge in [-0.25, -0.2) is 4.79 Å². The quantitative estimate of drug-likeness (QED) is 0.215. The van der Waals surface area contributed by atoms with Crippen LogP contribution in [0.2, 0.25) is 0 Å². The van der Waals surface area contributed by atoms with E-state index in [0.29, 0.717) is 6.42 Å². The molecule has 0 bridgehead atoms. The third-order valence-electron chi connectivity index (χ3n) is 6.13. The molecule has 9 nitrogen and oxygen atoms in total. The lowest BCUT2D eigenvalue weighted by molar-refractivity contribution is -0.123. The molecular weight excluding hydrogens is 498 g/mol. The molecule has 200 valence electrons. The zero-order chi connectivity index (χ0) is 27.6. The molecule has 4 aromatic rings. The van der Waals surface area contributed by atoms with Crippen LogP contribution < -0.4 is 31.3 Å². The van der Waals surface area contributed by atoms with Gasteiger partial charge in [-0.2, -0.15) is 0 Å². The number of hydrogen-bond acceptors (Lipinski definition) is 7. The van der Waals surface area contributed by atoms with E-state index in [1.54, 1.807) is 0 Å². The number of carbonyl (C=O) groups excluding carboxylic acids is 2. The van der Waals surface area contributed by atoms with Crippen molar-refractivity contribution < 1.29 is 19.1 Å². The van der Waals surface area contributed by atoms with Gasteiger partial charge in [0, 0.05) is 13.0 Å². The average molecular weight is 528 g/mol. The lowest BCUT2D eigenvalue weighted by Gasteiger charge is -2.29. The summed E-state index contributed by atoms with van der Waals surface area (Å²) in [6.45, 7) is 0.226. The minimum absolute atomic E-state index is 0.0307. The van der Waals surface area contributed by atoms with Gasteiger partial charge in [-0.15, -0.1) is 0 Å². The van der Waals surface area contributed by atoms with Gasteiger partial charge in [0.25, 0.3) is 16.8 Å². The molecule has 0 fully saturated rings. The van der Waals surface area contributed by atoms with Crippen LogP contribution >= 0.6 is 0 Å². The molecule has 0 aliphatic rings. The number of nitrogens with zero attached hydrogens (tertiary/aromatic N) is 1. The van der Waals surface area contributed by atoms with Gasteiger partial charge in [0.2, 0.25) is 0 Å². The Kier molecular flexibility index (Phi) is 9.07. The molecule has 0 heterocycles. The van der Waals surface area contributed by atoms with Crippen molar-refractivity contribution in [3.63, 3.8) is 0 Å². The van der Waals surface area contributed by atoms with Crippen LogP contribution in [-0.2, 0) is 29.0 Å². The van der Waals surface area contributed by atoms with Gasteiger partial charge in [-0.05, 0) is 23.1 Å². The van der Waals surface area contributed by atoms with Crippen LogP contribution in [0.4, 0.5) is 10.5 Å². The number of anilines is 1. The largest absolute Gasteiger partial charge is 0.490 e. The average Bonchev–Trinajstić information content (AvgIpc) is 2.97. The number of hydrogen-bond donors (Lipinski definition) is 2. The van der Waals surface area contributed by atoms with E-state index in [1.165, 1.54) is 12.1 Å². The topological polar surface area (TPSA) is 114 Å². The van der Waals surface area contributed by atoms with Gasteiger partial charge < -0.3 is 14.8 Å². The second-order valence-electron chi connectivity index (χ2n) is 8.85. The summed E-state index contributed by atoms with van der Waals surface area (Å²) in [7, 11) is 1.29. The summed E-state index contributed by atoms with van der Waals surface area (Å²) in [5.74, 6) is -0.707. The highest BCUT2D eigenvalue weighted by atomic mass is 16.5. The minimum Gasteiger partial charge on any atom is -0.490 e. The van der Waals surface area contributed by atoms with Crippen LogP contribution in [0.25, 0.3) is 0 Å². The molecule has 0 radical (unpaired) electrons. The summed E-state index contributed by atoms with van der Waals surface area (Å²) in [6.07, 6.45) is -0.126. The third kappa shape index (κ3) is 7.10. The Hall–Kier alpha value is -4.92. The van der Waals surface area contributed by atoms with Gasteiger partial charge in [0.15, 0.2) is 11.4 Å². The van der Waals surface area contributed by atoms with Gasteiger partial charge in [0.1, 0.15) is 12.6 Å². The lowest BCUT2D eigenvalue weighted by atomic mass is 10.1. The van der Waals surface area contributed by atoms with Crippen molar-refractivity contribution in [3.05, 3.63) is 128 Å². The van der Waals surface area contributed by atoms with Crippen LogP contribution in [0.1, 0.15) is 16.7 Å². The summed E-state index contributed by atoms with van der Waals surface area (Å²) in [6, 6.07) is 26.8. The molecule has 1 atom stereocenters. The molecule has 0 aromatic heterocycles. The SMILES string of the molecule is COc1c(N(CCc2ccccc2)NC(=O)[C@H](Cc2ccccc2)NC(=O)OCc2ccccc2)c(=O)c1=O. The summed E-state index contributed by atoms with van der Waals surface area (Å²) < 4.78 is 10.4. The molecule has 0 saturated heterocycles. The third-order valence-corrected chi connectivity index (χ3v) is 6.13. The van der Waals surface area contributed by atoms with Crippen molar-refractivity contribution in [2.45, 2.75) is 25.5 Å². The molecular formula is C30H29N3O6. The first-order valence-corrected chi connectivity index (χ1v) is 12.5. The molecule has 9 heteroatoms. The highest BCUT2D eigenvalue weighted by Gasteiger charge is 2.30. The first-order chi connectivity index (χ1) is 19.0. The van der Waals surface area contributed by atoms with Crippen molar-refractivity contribution in [3.8, 4) is 5.75 Å². The van der Waals surface area contributed by atoms with Crippen LogP contribution in [0, 0.1) is 0 Å². The van der Waals surface area contributed by atoms with Gasteiger partial charge in [-0.3, -0.25) is 24.8 Å². The number of hydrazine groups is 1. The first kappa shape index (κ1) is 27.1. The van der Waals surface area contributed by atoms with E-state index < -0.39 is 28.9 Å². The maximum absolute atomic E-state index is 13.5. The molecule has 4 aromatic carbocycles. The van der Waals surface area contributed by atoms with E-state index in [0.717, 1.165) is 16.7 Å². The van der Waals surface area contributed by atoms with Crippen LogP contribution in [0.15, 0.2) is 101 Å². The molecule has 0 aliphatic heterocycles. The number of ether oxygens (including phenoxy) is 2. The van der Waals surface area contributed by atoms with E-state index >= 15 is 0 Å². The van der Waals surface area contributed by atoms with Crippen molar-refractivity contribution >= 4 is 17.7 Å². The van der Waals surface area contributed by atoms with Gasteiger partial charge in [0.05, 0.1) is 7.11 Å². The molecule has 0 saturated carbocycles. The zero-order valence-electron chi connectivity index (χ0n) is 21.5. The van der Waals surface area contributed by atoms with Crippen molar-refractivity contribution in [2.75, 3.05) is 18.7 Å². The number of benzene rings is 3. The van der Waals surface area contributed by atoms with Crippen molar-refractivity contribution in [1.29, 1.82) is 0 Å². The standard InChI is InChI=1S/C30H29N3O6/c1-38-28-25(26(34)27(28)35)33(18-17-21-11-5-2-6-12-21)32-29(36)24(19-22-13-7-3-8-14-22)31-30(37)39-20-23-15-9-4-10-16-23/h2-16,24H,17-20H2,1H3,(H,31,37)(H,32,36)/t24-/m0/s1. The number of rotatable bonds is 12. The molecule has 0 spiro atoms. The Balaban J connectivity index is 1.52. The highest BCUT2D eigenvalue weighted by molar-refractivity contribution is 5.87. The Morgan fingerprint density at radius 3 is 1.95 bits per heavy atom. The molecule has 0 aliphatic carbocycles. The minimum atomic E-state index is -1.03. The number of amides is 2. The predicted molar refractivity (Wildman–Crippen MR) is 147 cm³/mol. The zero-order valence-corrected chi connectivity index (χ0v) is 21.5. The normalized spacial score (nSPS) is 11.4. The van der Waals surface area contributed by atoms with Crippen molar-refractivity contribution in [1.82, 2.24) is 10.7 Å².